The van der Waals surface area contributed by atoms with E-state index in [9.17, 15) is 13.9 Å². The highest BCUT2D eigenvalue weighted by Crippen LogP contribution is 2.46. The van der Waals surface area contributed by atoms with Gasteiger partial charge in [-0.15, -0.1) is 17.5 Å². The number of hydrogen-bond acceptors (Lipinski definition) is 4. The highest BCUT2D eigenvalue weighted by atomic mass is 32.2. The lowest BCUT2D eigenvalue weighted by Crippen LogP contribution is -2.24. The van der Waals surface area contributed by atoms with Gasteiger partial charge in [-0.3, -0.25) is 0 Å². The molecule has 1 saturated heterocycles. The molecule has 182 valence electrons. The number of halogens is 2. The number of aromatic hydroxyl groups is 1. The van der Waals surface area contributed by atoms with Crippen molar-refractivity contribution in [1.82, 2.24) is 14.7 Å². The van der Waals surface area contributed by atoms with Gasteiger partial charge < -0.3 is 10.0 Å². The lowest BCUT2D eigenvalue weighted by atomic mass is 10.1. The summed E-state index contributed by atoms with van der Waals surface area (Å²) in [6.45, 7) is 6.46. The maximum absolute atomic E-state index is 14.2. The van der Waals surface area contributed by atoms with Crippen LogP contribution in [0.25, 0.3) is 16.9 Å². The van der Waals surface area contributed by atoms with Crippen LogP contribution in [0.1, 0.15) is 22.1 Å². The highest BCUT2D eigenvalue weighted by molar-refractivity contribution is 7.99. The predicted octanol–water partition coefficient (Wildman–Crippen LogP) is 6.79. The molecule has 1 atom stereocenters. The van der Waals surface area contributed by atoms with E-state index in [1.807, 2.05) is 31.3 Å². The summed E-state index contributed by atoms with van der Waals surface area (Å²) in [4.78, 5) is 2.26. The Balaban J connectivity index is 1.55. The molecule has 0 radical (unpaired) electrons. The van der Waals surface area contributed by atoms with Gasteiger partial charge in [0.1, 0.15) is 22.8 Å². The average Bonchev–Trinajstić information content (AvgIpc) is 3.47. The van der Waals surface area contributed by atoms with E-state index in [4.69, 9.17) is 5.10 Å². The number of thioether (sulfide) groups is 1. The smallest absolute Gasteiger partial charge is 0.125 e. The molecule has 0 bridgehead atoms. The van der Waals surface area contributed by atoms with Gasteiger partial charge in [0.2, 0.25) is 0 Å². The molecular weight excluding hydrogens is 476 g/mol. The molecule has 1 aromatic heterocycles. The van der Waals surface area contributed by atoms with Gasteiger partial charge in [0.05, 0.1) is 17.1 Å². The van der Waals surface area contributed by atoms with Crippen molar-refractivity contribution in [1.29, 1.82) is 0 Å². The van der Waals surface area contributed by atoms with Crippen LogP contribution in [0, 0.1) is 18.6 Å². The van der Waals surface area contributed by atoms with Gasteiger partial charge in [0.25, 0.3) is 0 Å². The standard InChI is InChI=1S/C29H25F2N3OS/c1-3-24-18-36-29(33(24)13-12-20-4-10-26(35)11-5-20)27-17-34(25-15-19(2)14-23(31)16-25)32-28(27)21-6-8-22(30)9-7-21/h4-11,14-17,29,35H,1,12-13,18H2,2H3. The van der Waals surface area contributed by atoms with Crippen molar-refractivity contribution >= 4 is 11.8 Å². The first-order chi connectivity index (χ1) is 17.4. The Labute approximate surface area is 213 Å². The predicted molar refractivity (Wildman–Crippen MR) is 140 cm³/mol. The molecule has 1 N–H and O–H groups in total. The van der Waals surface area contributed by atoms with Crippen molar-refractivity contribution in [3.63, 3.8) is 0 Å². The summed E-state index contributed by atoms with van der Waals surface area (Å²) in [6, 6.07) is 18.3. The molecule has 4 aromatic rings. The van der Waals surface area contributed by atoms with Gasteiger partial charge in [-0.2, -0.15) is 5.10 Å². The Morgan fingerprint density at radius 3 is 2.50 bits per heavy atom. The third kappa shape index (κ3) is 4.94. The summed E-state index contributed by atoms with van der Waals surface area (Å²) in [7, 11) is 0. The quantitative estimate of drug-likeness (QED) is 0.295. The number of hydrogen-bond donors (Lipinski definition) is 1. The van der Waals surface area contributed by atoms with E-state index in [1.54, 1.807) is 40.7 Å². The van der Waals surface area contributed by atoms with Crippen LogP contribution in [0.5, 0.6) is 5.75 Å². The third-order valence-corrected chi connectivity index (χ3v) is 7.47. The first-order valence-corrected chi connectivity index (χ1v) is 12.6. The third-order valence-electron chi connectivity index (χ3n) is 6.21. The van der Waals surface area contributed by atoms with E-state index in [2.05, 4.69) is 17.2 Å². The number of rotatable bonds is 6. The first kappa shape index (κ1) is 23.9. The van der Waals surface area contributed by atoms with Crippen molar-refractivity contribution in [2.75, 3.05) is 12.3 Å². The fraction of sp³-hybridized carbons (Fsp3) is 0.172. The Morgan fingerprint density at radius 2 is 1.81 bits per heavy atom. The lowest BCUT2D eigenvalue weighted by molar-refractivity contribution is 0.349. The molecule has 5 rings (SSSR count). The first-order valence-electron chi connectivity index (χ1n) is 11.6. The maximum atomic E-state index is 14.2. The number of phenols is 1. The number of aryl methyl sites for hydroxylation is 1. The molecule has 4 nitrogen and oxygen atoms in total. The second-order valence-corrected chi connectivity index (χ2v) is 9.84. The summed E-state index contributed by atoms with van der Waals surface area (Å²) in [5, 5.41) is 14.4. The van der Waals surface area contributed by atoms with E-state index >= 15 is 0 Å². The van der Waals surface area contributed by atoms with Crippen molar-refractivity contribution in [2.45, 2.75) is 18.7 Å². The Morgan fingerprint density at radius 1 is 1.06 bits per heavy atom. The SMILES string of the molecule is C=C=C1CSC(c2cn(-c3cc(C)cc(F)c3)nc2-c2ccc(F)cc2)N1CCc1ccc(O)cc1. The second kappa shape index (κ2) is 10.1. The average molecular weight is 502 g/mol. The van der Waals surface area contributed by atoms with Crippen LogP contribution in [0.2, 0.25) is 0 Å². The van der Waals surface area contributed by atoms with Gasteiger partial charge in [-0.25, -0.2) is 13.5 Å². The van der Waals surface area contributed by atoms with Gasteiger partial charge in [0.15, 0.2) is 0 Å². The van der Waals surface area contributed by atoms with Gasteiger partial charge >= 0.3 is 0 Å². The fourth-order valence-electron chi connectivity index (χ4n) is 4.43. The zero-order chi connectivity index (χ0) is 25.2. The zero-order valence-corrected chi connectivity index (χ0v) is 20.6. The molecule has 7 heteroatoms. The normalized spacial score (nSPS) is 15.4. The highest BCUT2D eigenvalue weighted by Gasteiger charge is 2.33. The molecule has 1 aliphatic rings. The van der Waals surface area contributed by atoms with E-state index in [-0.39, 0.29) is 22.8 Å². The maximum Gasteiger partial charge on any atom is 0.125 e. The van der Waals surface area contributed by atoms with Gasteiger partial charge in [-0.05, 0) is 79.1 Å². The molecule has 0 aliphatic carbocycles. The van der Waals surface area contributed by atoms with E-state index in [0.717, 1.165) is 40.1 Å². The van der Waals surface area contributed by atoms with Crippen molar-refractivity contribution in [3.8, 4) is 22.7 Å². The molecule has 0 amide bonds. The molecule has 36 heavy (non-hydrogen) atoms. The molecular formula is C29H25F2N3OS. The van der Waals surface area contributed by atoms with E-state index in [0.29, 0.717) is 17.9 Å². The summed E-state index contributed by atoms with van der Waals surface area (Å²) in [5.41, 5.74) is 9.07. The van der Waals surface area contributed by atoms with Gasteiger partial charge in [-0.1, -0.05) is 18.7 Å². The zero-order valence-electron chi connectivity index (χ0n) is 19.8. The monoisotopic (exact) mass is 501 g/mol. The molecule has 2 heterocycles. The topological polar surface area (TPSA) is 41.3 Å². The fourth-order valence-corrected chi connectivity index (χ4v) is 5.78. The number of benzene rings is 3. The number of nitrogens with zero attached hydrogens (tertiary/aromatic N) is 3. The number of aromatic nitrogens is 2. The summed E-state index contributed by atoms with van der Waals surface area (Å²) in [5.74, 6) is 0.344. The summed E-state index contributed by atoms with van der Waals surface area (Å²) >= 11 is 1.75. The minimum atomic E-state index is -0.326. The minimum Gasteiger partial charge on any atom is -0.508 e. The van der Waals surface area contributed by atoms with Crippen LogP contribution >= 0.6 is 11.8 Å². The Hall–Kier alpha value is -3.80. The van der Waals surface area contributed by atoms with Crippen LogP contribution in [-0.4, -0.2) is 32.1 Å². The largest absolute Gasteiger partial charge is 0.508 e. The molecule has 1 unspecified atom stereocenters. The van der Waals surface area contributed by atoms with E-state index in [1.165, 1.54) is 24.3 Å². The van der Waals surface area contributed by atoms with E-state index < -0.39 is 0 Å². The summed E-state index contributed by atoms with van der Waals surface area (Å²) < 4.78 is 29.6. The second-order valence-electron chi connectivity index (χ2n) is 8.77. The molecule has 3 aromatic carbocycles. The summed E-state index contributed by atoms with van der Waals surface area (Å²) in [6.07, 6.45) is 2.70. The molecule has 1 fully saturated rings. The molecule has 1 aliphatic heterocycles. The van der Waals surface area contributed by atoms with Crippen molar-refractivity contribution in [3.05, 3.63) is 119 Å². The van der Waals surface area contributed by atoms with Crippen LogP contribution in [0.15, 0.2) is 90.9 Å². The molecule has 0 saturated carbocycles. The van der Waals surface area contributed by atoms with Crippen molar-refractivity contribution < 1.29 is 13.9 Å². The van der Waals surface area contributed by atoms with Crippen LogP contribution in [-0.2, 0) is 6.42 Å². The Kier molecular flexibility index (Phi) is 6.68. The molecule has 0 spiro atoms. The Bertz CT molecular complexity index is 1420. The van der Waals surface area contributed by atoms with Crippen molar-refractivity contribution in [2.24, 2.45) is 0 Å². The van der Waals surface area contributed by atoms with Gasteiger partial charge in [0, 0.05) is 29.6 Å². The minimum absolute atomic E-state index is 0.0742. The van der Waals surface area contributed by atoms with Crippen LogP contribution in [0.4, 0.5) is 8.78 Å². The lowest BCUT2D eigenvalue weighted by Gasteiger charge is -2.26. The number of phenolic OH excluding ortho intramolecular Hbond substituents is 1. The van der Waals surface area contributed by atoms with Crippen LogP contribution < -0.4 is 0 Å². The van der Waals surface area contributed by atoms with Crippen LogP contribution in [0.3, 0.4) is 0 Å².